The minimum atomic E-state index is -3.63. The van der Waals surface area contributed by atoms with Crippen LogP contribution in [0.1, 0.15) is 36.8 Å². The minimum Gasteiger partial charge on any atom is -0.334 e. The smallest absolute Gasteiger partial charge is 0.262 e. The van der Waals surface area contributed by atoms with Gasteiger partial charge in [-0.15, -0.1) is 0 Å². The van der Waals surface area contributed by atoms with Gasteiger partial charge in [-0.1, -0.05) is 31.2 Å². The number of hydrogen-bond donors (Lipinski definition) is 1. The Balaban J connectivity index is 1.96. The van der Waals surface area contributed by atoms with Gasteiger partial charge in [0, 0.05) is 32.4 Å². The van der Waals surface area contributed by atoms with Crippen molar-refractivity contribution in [2.45, 2.75) is 44.8 Å². The molecule has 1 aromatic heterocycles. The summed E-state index contributed by atoms with van der Waals surface area (Å²) in [5.74, 6) is 0.722. The zero-order valence-electron chi connectivity index (χ0n) is 15.1. The monoisotopic (exact) mass is 362 g/mol. The van der Waals surface area contributed by atoms with Crippen molar-refractivity contribution in [2.24, 2.45) is 0 Å². The number of piperazine rings is 1. The van der Waals surface area contributed by atoms with Crippen LogP contribution in [-0.2, 0) is 23.0 Å². The molecule has 1 aliphatic heterocycles. The number of nitrogens with zero attached hydrogens (tertiary/aromatic N) is 3. The Morgan fingerprint density at radius 2 is 1.96 bits per heavy atom. The topological polar surface area (TPSA) is 67.2 Å². The molecule has 7 heteroatoms. The highest BCUT2D eigenvalue weighted by atomic mass is 32.2. The van der Waals surface area contributed by atoms with Crippen molar-refractivity contribution in [3.63, 3.8) is 0 Å². The van der Waals surface area contributed by atoms with Gasteiger partial charge in [0.1, 0.15) is 5.82 Å². The maximum atomic E-state index is 13.2. The summed E-state index contributed by atoms with van der Waals surface area (Å²) < 4.78 is 29.8. The van der Waals surface area contributed by atoms with Gasteiger partial charge in [-0.05, 0) is 31.4 Å². The van der Waals surface area contributed by atoms with Crippen LogP contribution in [0.4, 0.5) is 0 Å². The molecule has 0 saturated carbocycles. The summed E-state index contributed by atoms with van der Waals surface area (Å²) in [5, 5.41) is 3.45. The van der Waals surface area contributed by atoms with Crippen LogP contribution in [0.2, 0.25) is 0 Å². The van der Waals surface area contributed by atoms with Crippen LogP contribution < -0.4 is 5.32 Å². The first-order chi connectivity index (χ1) is 12.0. The van der Waals surface area contributed by atoms with Crippen molar-refractivity contribution in [1.82, 2.24) is 19.2 Å². The molecule has 3 rings (SSSR count). The standard InChI is InChI=1S/C18H26N4O2S/c1-4-15-6-8-16(9-7-15)17-12-19-10-11-22(17)25(23,24)18-13-21(5-2)14(3)20-18/h6-9,13,17,19H,4-5,10-12H2,1-3H3. The summed E-state index contributed by atoms with van der Waals surface area (Å²) in [6, 6.07) is 8.01. The molecule has 136 valence electrons. The van der Waals surface area contributed by atoms with E-state index in [1.807, 2.05) is 30.5 Å². The van der Waals surface area contributed by atoms with E-state index in [9.17, 15) is 8.42 Å². The average molecular weight is 362 g/mol. The van der Waals surface area contributed by atoms with E-state index in [0.29, 0.717) is 26.2 Å². The van der Waals surface area contributed by atoms with E-state index in [1.165, 1.54) is 5.56 Å². The molecule has 25 heavy (non-hydrogen) atoms. The lowest BCUT2D eigenvalue weighted by Gasteiger charge is -2.35. The molecule has 1 saturated heterocycles. The molecule has 1 aromatic carbocycles. The predicted molar refractivity (Wildman–Crippen MR) is 98.0 cm³/mol. The summed E-state index contributed by atoms with van der Waals surface area (Å²) in [6.45, 7) is 8.34. The van der Waals surface area contributed by atoms with E-state index >= 15 is 0 Å². The van der Waals surface area contributed by atoms with Crippen molar-refractivity contribution < 1.29 is 8.42 Å². The van der Waals surface area contributed by atoms with Gasteiger partial charge in [0.2, 0.25) is 0 Å². The first kappa shape index (κ1) is 18.1. The number of aromatic nitrogens is 2. The normalized spacial score (nSPS) is 19.2. The lowest BCUT2D eigenvalue weighted by Crippen LogP contribution is -2.48. The maximum Gasteiger partial charge on any atom is 0.262 e. The van der Waals surface area contributed by atoms with Crippen molar-refractivity contribution in [3.05, 3.63) is 47.4 Å². The van der Waals surface area contributed by atoms with Gasteiger partial charge < -0.3 is 9.88 Å². The van der Waals surface area contributed by atoms with Gasteiger partial charge in [-0.25, -0.2) is 13.4 Å². The largest absolute Gasteiger partial charge is 0.334 e. The second kappa shape index (κ2) is 7.27. The number of aryl methyl sites for hydroxylation is 3. The summed E-state index contributed by atoms with van der Waals surface area (Å²) in [5.41, 5.74) is 2.26. The quantitative estimate of drug-likeness (QED) is 0.885. The first-order valence-corrected chi connectivity index (χ1v) is 10.3. The van der Waals surface area contributed by atoms with E-state index in [1.54, 1.807) is 10.5 Å². The molecule has 1 atom stereocenters. The van der Waals surface area contributed by atoms with Gasteiger partial charge in [-0.3, -0.25) is 0 Å². The van der Waals surface area contributed by atoms with Crippen molar-refractivity contribution in [1.29, 1.82) is 0 Å². The molecule has 6 nitrogen and oxygen atoms in total. The molecule has 0 spiro atoms. The third-order valence-electron chi connectivity index (χ3n) is 4.83. The summed E-state index contributed by atoms with van der Waals surface area (Å²) in [4.78, 5) is 4.30. The first-order valence-electron chi connectivity index (χ1n) is 8.82. The van der Waals surface area contributed by atoms with Crippen LogP contribution in [0, 0.1) is 6.92 Å². The number of sulfonamides is 1. The maximum absolute atomic E-state index is 13.2. The van der Waals surface area contributed by atoms with Gasteiger partial charge in [0.25, 0.3) is 10.0 Å². The second-order valence-corrected chi connectivity index (χ2v) is 8.18. The Hall–Kier alpha value is -1.70. The number of hydrogen-bond acceptors (Lipinski definition) is 4. The zero-order valence-corrected chi connectivity index (χ0v) is 15.9. The Kier molecular flexibility index (Phi) is 5.27. The lowest BCUT2D eigenvalue weighted by molar-refractivity contribution is 0.271. The fraction of sp³-hybridized carbons (Fsp3) is 0.500. The summed E-state index contributed by atoms with van der Waals surface area (Å²) >= 11 is 0. The van der Waals surface area contributed by atoms with Crippen LogP contribution in [-0.4, -0.2) is 41.9 Å². The van der Waals surface area contributed by atoms with Crippen molar-refractivity contribution >= 4 is 10.0 Å². The molecule has 2 heterocycles. The van der Waals surface area contributed by atoms with Crippen LogP contribution >= 0.6 is 0 Å². The fourth-order valence-electron chi connectivity index (χ4n) is 3.28. The molecule has 1 aliphatic rings. The van der Waals surface area contributed by atoms with E-state index in [4.69, 9.17) is 0 Å². The molecule has 0 radical (unpaired) electrons. The molecule has 2 aromatic rings. The van der Waals surface area contributed by atoms with Gasteiger partial charge in [-0.2, -0.15) is 4.31 Å². The zero-order chi connectivity index (χ0) is 18.0. The number of rotatable bonds is 5. The molecule has 1 N–H and O–H groups in total. The van der Waals surface area contributed by atoms with Gasteiger partial charge in [0.05, 0.1) is 6.04 Å². The average Bonchev–Trinajstić information content (AvgIpc) is 3.03. The predicted octanol–water partition coefficient (Wildman–Crippen LogP) is 2.11. The highest BCUT2D eigenvalue weighted by molar-refractivity contribution is 7.89. The van der Waals surface area contributed by atoms with E-state index in [2.05, 4.69) is 29.4 Å². The molecular formula is C18H26N4O2S. The fourth-order valence-corrected chi connectivity index (χ4v) is 4.89. The third kappa shape index (κ3) is 3.49. The van der Waals surface area contributed by atoms with Crippen LogP contribution in [0.25, 0.3) is 0 Å². The SMILES string of the molecule is CCc1ccc(C2CNCCN2S(=O)(=O)c2cn(CC)c(C)n2)cc1. The molecule has 0 aliphatic carbocycles. The molecule has 1 fully saturated rings. The number of nitrogens with one attached hydrogen (secondary N) is 1. The van der Waals surface area contributed by atoms with E-state index in [-0.39, 0.29) is 11.1 Å². The summed E-state index contributed by atoms with van der Waals surface area (Å²) in [7, 11) is -3.63. The van der Waals surface area contributed by atoms with Crippen molar-refractivity contribution in [2.75, 3.05) is 19.6 Å². The molecule has 0 bridgehead atoms. The Morgan fingerprint density at radius 3 is 2.56 bits per heavy atom. The third-order valence-corrected chi connectivity index (χ3v) is 6.61. The molecular weight excluding hydrogens is 336 g/mol. The second-order valence-electron chi connectivity index (χ2n) is 6.34. The van der Waals surface area contributed by atoms with E-state index in [0.717, 1.165) is 17.8 Å². The lowest BCUT2D eigenvalue weighted by atomic mass is 10.0. The Morgan fingerprint density at radius 1 is 1.24 bits per heavy atom. The highest BCUT2D eigenvalue weighted by Gasteiger charge is 2.36. The molecule has 1 unspecified atom stereocenters. The van der Waals surface area contributed by atoms with Gasteiger partial charge in [0.15, 0.2) is 5.03 Å². The van der Waals surface area contributed by atoms with Crippen LogP contribution in [0.3, 0.4) is 0 Å². The minimum absolute atomic E-state index is 0.143. The highest BCUT2D eigenvalue weighted by Crippen LogP contribution is 2.29. The van der Waals surface area contributed by atoms with E-state index < -0.39 is 10.0 Å². The number of imidazole rings is 1. The van der Waals surface area contributed by atoms with Crippen LogP contribution in [0.15, 0.2) is 35.5 Å². The van der Waals surface area contributed by atoms with Gasteiger partial charge >= 0.3 is 0 Å². The Bertz CT molecular complexity index is 827. The van der Waals surface area contributed by atoms with Crippen molar-refractivity contribution in [3.8, 4) is 0 Å². The number of benzene rings is 1. The molecule has 0 amide bonds. The summed E-state index contributed by atoms with van der Waals surface area (Å²) in [6.07, 6.45) is 2.61. The van der Waals surface area contributed by atoms with Crippen LogP contribution in [0.5, 0.6) is 0 Å². The Labute approximate surface area is 149 Å².